The molecule has 2 aromatic rings. The number of halogens is 1. The molecule has 1 heterocycles. The van der Waals surface area contributed by atoms with Crippen LogP contribution < -0.4 is 5.73 Å². The van der Waals surface area contributed by atoms with Crippen LogP contribution in [-0.4, -0.2) is 26.1 Å². The smallest absolute Gasteiger partial charge is 0.360 e. The van der Waals surface area contributed by atoms with Crippen LogP contribution in [0.5, 0.6) is 0 Å². The summed E-state index contributed by atoms with van der Waals surface area (Å²) in [5.41, 5.74) is 5.93. The molecule has 0 saturated carbocycles. The molecule has 6 nitrogen and oxygen atoms in total. The third-order valence-electron chi connectivity index (χ3n) is 1.98. The van der Waals surface area contributed by atoms with Crippen molar-refractivity contribution < 1.29 is 9.90 Å². The molecule has 0 aliphatic carbocycles. The number of carboxylic acids is 1. The molecule has 82 valence electrons. The standard InChI is InChI=1S/C9H7ClN4O2/c10-5-1-3-6(4-2-5)14-8(11)7(9(15)16)12-13-14/h1-4H,11H2,(H,15,16). The van der Waals surface area contributed by atoms with Crippen molar-refractivity contribution in [3.63, 3.8) is 0 Å². The van der Waals surface area contributed by atoms with Gasteiger partial charge < -0.3 is 10.8 Å². The summed E-state index contributed by atoms with van der Waals surface area (Å²) in [5, 5.41) is 16.4. The maximum absolute atomic E-state index is 10.7. The van der Waals surface area contributed by atoms with Gasteiger partial charge in [-0.15, -0.1) is 5.10 Å². The summed E-state index contributed by atoms with van der Waals surface area (Å²) in [6.07, 6.45) is 0. The second-order valence-electron chi connectivity index (χ2n) is 3.02. The van der Waals surface area contributed by atoms with Crippen LogP contribution in [0.25, 0.3) is 5.69 Å². The Labute approximate surface area is 95.2 Å². The van der Waals surface area contributed by atoms with Gasteiger partial charge in [0.1, 0.15) is 0 Å². The Kier molecular flexibility index (Phi) is 2.49. The number of nitrogens with zero attached hydrogens (tertiary/aromatic N) is 3. The lowest BCUT2D eigenvalue weighted by molar-refractivity contribution is 0.0691. The van der Waals surface area contributed by atoms with Crippen molar-refractivity contribution in [1.29, 1.82) is 0 Å². The lowest BCUT2D eigenvalue weighted by atomic mass is 10.3. The van der Waals surface area contributed by atoms with E-state index < -0.39 is 5.97 Å². The first-order chi connectivity index (χ1) is 7.59. The van der Waals surface area contributed by atoms with Crippen molar-refractivity contribution >= 4 is 23.4 Å². The van der Waals surface area contributed by atoms with Gasteiger partial charge in [0.05, 0.1) is 5.69 Å². The number of hydrogen-bond acceptors (Lipinski definition) is 4. The SMILES string of the molecule is Nc1c(C(=O)O)nnn1-c1ccc(Cl)cc1. The number of rotatable bonds is 2. The lowest BCUT2D eigenvalue weighted by Crippen LogP contribution is -2.05. The zero-order chi connectivity index (χ0) is 11.7. The molecule has 0 fully saturated rings. The fourth-order valence-electron chi connectivity index (χ4n) is 1.21. The number of benzene rings is 1. The quantitative estimate of drug-likeness (QED) is 0.820. The zero-order valence-electron chi connectivity index (χ0n) is 7.96. The minimum Gasteiger partial charge on any atom is -0.476 e. The number of nitrogens with two attached hydrogens (primary N) is 1. The van der Waals surface area contributed by atoms with E-state index in [9.17, 15) is 4.79 Å². The summed E-state index contributed by atoms with van der Waals surface area (Å²) in [6, 6.07) is 6.63. The lowest BCUT2D eigenvalue weighted by Gasteiger charge is -2.02. The van der Waals surface area contributed by atoms with E-state index in [2.05, 4.69) is 10.3 Å². The topological polar surface area (TPSA) is 94.0 Å². The van der Waals surface area contributed by atoms with Gasteiger partial charge >= 0.3 is 5.97 Å². The largest absolute Gasteiger partial charge is 0.476 e. The molecule has 2 rings (SSSR count). The highest BCUT2D eigenvalue weighted by molar-refractivity contribution is 6.30. The van der Waals surface area contributed by atoms with Gasteiger partial charge in [-0.1, -0.05) is 16.8 Å². The molecule has 0 radical (unpaired) electrons. The molecule has 0 saturated heterocycles. The van der Waals surface area contributed by atoms with E-state index in [1.807, 2.05) is 0 Å². The van der Waals surface area contributed by atoms with Crippen LogP contribution in [0.15, 0.2) is 24.3 Å². The first-order valence-electron chi connectivity index (χ1n) is 4.30. The van der Waals surface area contributed by atoms with Crippen molar-refractivity contribution in [1.82, 2.24) is 15.0 Å². The monoisotopic (exact) mass is 238 g/mol. The Balaban J connectivity index is 2.49. The molecule has 0 spiro atoms. The van der Waals surface area contributed by atoms with Crippen LogP contribution in [0.2, 0.25) is 5.02 Å². The average molecular weight is 239 g/mol. The predicted octanol–water partition coefficient (Wildman–Crippen LogP) is 1.20. The van der Waals surface area contributed by atoms with Crippen molar-refractivity contribution in [2.75, 3.05) is 5.73 Å². The number of anilines is 1. The summed E-state index contributed by atoms with van der Waals surface area (Å²) in [7, 11) is 0. The zero-order valence-corrected chi connectivity index (χ0v) is 8.72. The molecule has 1 aromatic heterocycles. The molecule has 1 aromatic carbocycles. The Morgan fingerprint density at radius 3 is 2.50 bits per heavy atom. The van der Waals surface area contributed by atoms with Gasteiger partial charge in [-0.2, -0.15) is 4.68 Å². The Hall–Kier alpha value is -2.08. The van der Waals surface area contributed by atoms with Crippen LogP contribution in [0, 0.1) is 0 Å². The van der Waals surface area contributed by atoms with Crippen molar-refractivity contribution in [3.8, 4) is 5.69 Å². The first kappa shape index (κ1) is 10.4. The molecule has 0 aliphatic heterocycles. The van der Waals surface area contributed by atoms with Crippen LogP contribution in [0.1, 0.15) is 10.5 Å². The van der Waals surface area contributed by atoms with Crippen LogP contribution in [0.4, 0.5) is 5.82 Å². The fraction of sp³-hybridized carbons (Fsp3) is 0. The normalized spacial score (nSPS) is 10.3. The Bertz CT molecular complexity index is 535. The minimum absolute atomic E-state index is 0.0187. The van der Waals surface area contributed by atoms with Crippen LogP contribution in [-0.2, 0) is 0 Å². The number of hydrogen-bond donors (Lipinski definition) is 2. The number of carbonyl (C=O) groups is 1. The summed E-state index contributed by atoms with van der Waals surface area (Å²) in [6.45, 7) is 0. The summed E-state index contributed by atoms with van der Waals surface area (Å²) >= 11 is 5.72. The fourth-order valence-corrected chi connectivity index (χ4v) is 1.34. The molecule has 0 aliphatic rings. The van der Waals surface area contributed by atoms with E-state index in [-0.39, 0.29) is 11.5 Å². The molecule has 0 atom stereocenters. The number of nitrogen functional groups attached to an aromatic ring is 1. The highest BCUT2D eigenvalue weighted by Crippen LogP contribution is 2.17. The molecular formula is C9H7ClN4O2. The van der Waals surface area contributed by atoms with Crippen molar-refractivity contribution in [2.45, 2.75) is 0 Å². The summed E-state index contributed by atoms with van der Waals surface area (Å²) in [4.78, 5) is 10.7. The van der Waals surface area contributed by atoms with Crippen molar-refractivity contribution in [2.24, 2.45) is 0 Å². The molecule has 0 bridgehead atoms. The third-order valence-corrected chi connectivity index (χ3v) is 2.23. The van der Waals surface area contributed by atoms with Crippen LogP contribution >= 0.6 is 11.6 Å². The summed E-state index contributed by atoms with van der Waals surface area (Å²) in [5.74, 6) is -1.23. The predicted molar refractivity (Wildman–Crippen MR) is 57.7 cm³/mol. The van der Waals surface area contributed by atoms with Gasteiger partial charge in [0.2, 0.25) is 5.69 Å². The number of aromatic carboxylic acids is 1. The Morgan fingerprint density at radius 1 is 1.38 bits per heavy atom. The molecule has 7 heteroatoms. The Morgan fingerprint density at radius 2 is 2.00 bits per heavy atom. The average Bonchev–Trinajstić information content (AvgIpc) is 2.61. The van der Waals surface area contributed by atoms with Gasteiger partial charge in [-0.3, -0.25) is 0 Å². The van der Waals surface area contributed by atoms with E-state index in [0.717, 1.165) is 0 Å². The second kappa shape index (κ2) is 3.82. The molecular weight excluding hydrogens is 232 g/mol. The minimum atomic E-state index is -1.21. The van der Waals surface area contributed by atoms with E-state index in [1.54, 1.807) is 24.3 Å². The maximum atomic E-state index is 10.7. The molecule has 16 heavy (non-hydrogen) atoms. The van der Waals surface area contributed by atoms with Gasteiger partial charge in [0, 0.05) is 5.02 Å². The number of carboxylic acid groups (broad SMARTS) is 1. The van der Waals surface area contributed by atoms with Crippen LogP contribution in [0.3, 0.4) is 0 Å². The highest BCUT2D eigenvalue weighted by Gasteiger charge is 2.16. The highest BCUT2D eigenvalue weighted by atomic mass is 35.5. The molecule has 3 N–H and O–H groups in total. The van der Waals surface area contributed by atoms with E-state index in [1.165, 1.54) is 4.68 Å². The van der Waals surface area contributed by atoms with Gasteiger partial charge in [-0.25, -0.2) is 4.79 Å². The van der Waals surface area contributed by atoms with E-state index in [4.69, 9.17) is 22.4 Å². The third kappa shape index (κ3) is 1.70. The first-order valence-corrected chi connectivity index (χ1v) is 4.68. The number of aromatic nitrogens is 3. The maximum Gasteiger partial charge on any atom is 0.360 e. The van der Waals surface area contributed by atoms with Gasteiger partial charge in [0.15, 0.2) is 5.82 Å². The van der Waals surface area contributed by atoms with Crippen molar-refractivity contribution in [3.05, 3.63) is 35.0 Å². The van der Waals surface area contributed by atoms with E-state index >= 15 is 0 Å². The summed E-state index contributed by atoms with van der Waals surface area (Å²) < 4.78 is 1.24. The van der Waals surface area contributed by atoms with Gasteiger partial charge in [-0.05, 0) is 24.3 Å². The van der Waals surface area contributed by atoms with Gasteiger partial charge in [0.25, 0.3) is 0 Å². The van der Waals surface area contributed by atoms with E-state index in [0.29, 0.717) is 10.7 Å². The molecule has 0 amide bonds. The second-order valence-corrected chi connectivity index (χ2v) is 3.45. The molecule has 0 unspecified atom stereocenters.